The van der Waals surface area contributed by atoms with Gasteiger partial charge < -0.3 is 10.6 Å². The van der Waals surface area contributed by atoms with Crippen LogP contribution in [-0.2, 0) is 6.42 Å². The van der Waals surface area contributed by atoms with Crippen LogP contribution < -0.4 is 10.6 Å². The molecule has 104 valence electrons. The van der Waals surface area contributed by atoms with Gasteiger partial charge in [-0.3, -0.25) is 4.79 Å². The second-order valence-electron chi connectivity index (χ2n) is 4.74. The summed E-state index contributed by atoms with van der Waals surface area (Å²) in [5.74, 6) is 5.58. The van der Waals surface area contributed by atoms with Gasteiger partial charge in [0.15, 0.2) is 0 Å². The van der Waals surface area contributed by atoms with Crippen molar-refractivity contribution in [1.29, 1.82) is 0 Å². The van der Waals surface area contributed by atoms with Gasteiger partial charge in [-0.2, -0.15) is 0 Å². The lowest BCUT2D eigenvalue weighted by Crippen LogP contribution is -2.30. The molecule has 0 bridgehead atoms. The van der Waals surface area contributed by atoms with Crippen molar-refractivity contribution in [1.82, 2.24) is 4.98 Å². The number of carbonyl (C=O) groups excluding carboxylic acids is 1. The van der Waals surface area contributed by atoms with Gasteiger partial charge in [-0.1, -0.05) is 30.0 Å². The predicted octanol–water partition coefficient (Wildman–Crippen LogP) is 1.59. The first kappa shape index (κ1) is 13.3. The van der Waals surface area contributed by atoms with Crippen molar-refractivity contribution in [3.05, 3.63) is 59.4 Å². The van der Waals surface area contributed by atoms with Gasteiger partial charge in [0.05, 0.1) is 12.1 Å². The highest BCUT2D eigenvalue weighted by molar-refractivity contribution is 6.07. The number of para-hydroxylation sites is 1. The number of rotatable bonds is 1. The zero-order valence-corrected chi connectivity index (χ0v) is 11.5. The molecule has 1 amide bonds. The topological polar surface area (TPSA) is 59.2 Å². The number of carbonyl (C=O) groups is 1. The number of pyridine rings is 1. The van der Waals surface area contributed by atoms with E-state index in [1.165, 1.54) is 5.56 Å². The number of anilines is 1. The Labute approximate surface area is 123 Å². The fraction of sp³-hybridized carbons (Fsp3) is 0.176. The van der Waals surface area contributed by atoms with Crippen LogP contribution in [0.4, 0.5) is 5.69 Å². The number of fused-ring (bicyclic) bond motifs is 1. The van der Waals surface area contributed by atoms with E-state index in [0.717, 1.165) is 12.1 Å². The third-order valence-corrected chi connectivity index (χ3v) is 3.47. The summed E-state index contributed by atoms with van der Waals surface area (Å²) in [5.41, 5.74) is 8.56. The lowest BCUT2D eigenvalue weighted by molar-refractivity contribution is 0.0984. The Bertz CT molecular complexity index is 743. The monoisotopic (exact) mass is 277 g/mol. The summed E-state index contributed by atoms with van der Waals surface area (Å²) in [6.07, 6.45) is 2.49. The molecule has 1 aliphatic heterocycles. The molecule has 1 aromatic carbocycles. The van der Waals surface area contributed by atoms with Gasteiger partial charge in [0.25, 0.3) is 5.91 Å². The zero-order chi connectivity index (χ0) is 14.7. The number of amides is 1. The molecular formula is C17H15N3O. The van der Waals surface area contributed by atoms with Crippen molar-refractivity contribution in [3.8, 4) is 11.8 Å². The van der Waals surface area contributed by atoms with Crippen molar-refractivity contribution in [2.45, 2.75) is 6.42 Å². The normalized spacial score (nSPS) is 12.5. The summed E-state index contributed by atoms with van der Waals surface area (Å²) in [6.45, 7) is 0.938. The van der Waals surface area contributed by atoms with Gasteiger partial charge in [0.2, 0.25) is 0 Å². The van der Waals surface area contributed by atoms with E-state index in [9.17, 15) is 4.79 Å². The number of hydrogen-bond acceptors (Lipinski definition) is 3. The Morgan fingerprint density at radius 1 is 1.29 bits per heavy atom. The fourth-order valence-electron chi connectivity index (χ4n) is 2.50. The van der Waals surface area contributed by atoms with Crippen molar-refractivity contribution in [3.63, 3.8) is 0 Å². The number of aromatic nitrogens is 1. The molecule has 0 spiro atoms. The first-order chi connectivity index (χ1) is 10.3. The quantitative estimate of drug-likeness (QED) is 0.805. The van der Waals surface area contributed by atoms with Gasteiger partial charge in [-0.25, -0.2) is 4.98 Å². The van der Waals surface area contributed by atoms with Crippen LogP contribution in [0.5, 0.6) is 0 Å². The molecule has 0 saturated carbocycles. The van der Waals surface area contributed by atoms with Gasteiger partial charge in [0.1, 0.15) is 5.69 Å². The molecule has 0 saturated heterocycles. The van der Waals surface area contributed by atoms with Gasteiger partial charge in [-0.05, 0) is 30.2 Å². The van der Waals surface area contributed by atoms with Crippen LogP contribution in [0.1, 0.15) is 21.6 Å². The van der Waals surface area contributed by atoms with Crippen LogP contribution in [-0.4, -0.2) is 24.0 Å². The van der Waals surface area contributed by atoms with E-state index in [0.29, 0.717) is 17.8 Å². The molecule has 1 aliphatic rings. The third-order valence-electron chi connectivity index (χ3n) is 3.47. The predicted molar refractivity (Wildman–Crippen MR) is 82.0 cm³/mol. The van der Waals surface area contributed by atoms with E-state index in [1.807, 2.05) is 18.2 Å². The van der Waals surface area contributed by atoms with E-state index < -0.39 is 0 Å². The maximum Gasteiger partial charge on any atom is 0.278 e. The lowest BCUT2D eigenvalue weighted by atomic mass is 10.1. The summed E-state index contributed by atoms with van der Waals surface area (Å²) in [7, 11) is 0. The Hall–Kier alpha value is -2.64. The minimum absolute atomic E-state index is 0.109. The molecule has 4 nitrogen and oxygen atoms in total. The molecule has 0 fully saturated rings. The molecule has 0 atom stereocenters. The third kappa shape index (κ3) is 2.51. The number of nitrogens with zero attached hydrogens (tertiary/aromatic N) is 2. The maximum absolute atomic E-state index is 12.8. The highest BCUT2D eigenvalue weighted by atomic mass is 16.2. The highest BCUT2D eigenvalue weighted by Gasteiger charge is 2.27. The molecule has 1 aromatic heterocycles. The maximum atomic E-state index is 12.8. The van der Waals surface area contributed by atoms with Crippen molar-refractivity contribution in [2.24, 2.45) is 5.73 Å². The Morgan fingerprint density at radius 2 is 2.14 bits per heavy atom. The van der Waals surface area contributed by atoms with Crippen LogP contribution in [0.3, 0.4) is 0 Å². The summed E-state index contributed by atoms with van der Waals surface area (Å²) in [4.78, 5) is 18.7. The van der Waals surface area contributed by atoms with Crippen LogP contribution in [0.15, 0.2) is 42.6 Å². The fourth-order valence-corrected chi connectivity index (χ4v) is 2.50. The minimum atomic E-state index is -0.109. The highest BCUT2D eigenvalue weighted by Crippen LogP contribution is 2.28. The zero-order valence-electron chi connectivity index (χ0n) is 11.5. The van der Waals surface area contributed by atoms with E-state index in [-0.39, 0.29) is 12.5 Å². The average Bonchev–Trinajstić information content (AvgIpc) is 2.96. The summed E-state index contributed by atoms with van der Waals surface area (Å²) in [5, 5.41) is 0. The van der Waals surface area contributed by atoms with E-state index >= 15 is 0 Å². The van der Waals surface area contributed by atoms with Crippen LogP contribution >= 0.6 is 0 Å². The molecule has 0 unspecified atom stereocenters. The largest absolute Gasteiger partial charge is 0.320 e. The summed E-state index contributed by atoms with van der Waals surface area (Å²) in [6, 6.07) is 11.5. The van der Waals surface area contributed by atoms with E-state index in [2.05, 4.69) is 22.9 Å². The molecule has 0 aliphatic carbocycles. The minimum Gasteiger partial charge on any atom is -0.320 e. The van der Waals surface area contributed by atoms with Gasteiger partial charge in [0, 0.05) is 18.4 Å². The Morgan fingerprint density at radius 3 is 3.00 bits per heavy atom. The second kappa shape index (κ2) is 5.78. The van der Waals surface area contributed by atoms with E-state index in [4.69, 9.17) is 5.73 Å². The van der Waals surface area contributed by atoms with E-state index in [1.54, 1.807) is 23.2 Å². The van der Waals surface area contributed by atoms with Crippen LogP contribution in [0.25, 0.3) is 0 Å². The Kier molecular flexibility index (Phi) is 3.67. The summed E-state index contributed by atoms with van der Waals surface area (Å²) >= 11 is 0. The molecule has 3 rings (SSSR count). The van der Waals surface area contributed by atoms with Gasteiger partial charge >= 0.3 is 0 Å². The van der Waals surface area contributed by atoms with Gasteiger partial charge in [-0.15, -0.1) is 0 Å². The average molecular weight is 277 g/mol. The first-order valence-electron chi connectivity index (χ1n) is 6.85. The number of benzene rings is 1. The molecular weight excluding hydrogens is 262 g/mol. The van der Waals surface area contributed by atoms with Crippen LogP contribution in [0.2, 0.25) is 0 Å². The summed E-state index contributed by atoms with van der Waals surface area (Å²) < 4.78 is 0. The Balaban J connectivity index is 1.97. The second-order valence-corrected chi connectivity index (χ2v) is 4.74. The first-order valence-corrected chi connectivity index (χ1v) is 6.85. The molecule has 21 heavy (non-hydrogen) atoms. The number of nitrogens with two attached hydrogens (primary N) is 1. The molecule has 4 heteroatoms. The standard InChI is InChI=1S/C17H15N3O/c18-10-3-6-14-7-4-11-19-16(14)17(21)20-12-9-13-5-1-2-8-15(13)20/h1-2,4-5,7-8,11H,9-10,12,18H2. The van der Waals surface area contributed by atoms with Crippen LogP contribution in [0, 0.1) is 11.8 Å². The molecule has 0 radical (unpaired) electrons. The van der Waals surface area contributed by atoms with Crippen molar-refractivity contribution < 1.29 is 4.79 Å². The molecule has 2 aromatic rings. The smallest absolute Gasteiger partial charge is 0.278 e. The van der Waals surface area contributed by atoms with Crippen molar-refractivity contribution >= 4 is 11.6 Å². The molecule has 2 heterocycles. The van der Waals surface area contributed by atoms with Crippen molar-refractivity contribution in [2.75, 3.05) is 18.0 Å². The number of hydrogen-bond donors (Lipinski definition) is 1. The molecule has 2 N–H and O–H groups in total. The lowest BCUT2D eigenvalue weighted by Gasteiger charge is -2.17. The SMILES string of the molecule is NCC#Cc1cccnc1C(=O)N1CCc2ccccc21.